The van der Waals surface area contributed by atoms with Gasteiger partial charge in [-0.2, -0.15) is 0 Å². The van der Waals surface area contributed by atoms with Gasteiger partial charge in [-0.15, -0.1) is 0 Å². The van der Waals surface area contributed by atoms with Crippen molar-refractivity contribution in [2.24, 2.45) is 22.7 Å². The molecule has 172 valence electrons. The Bertz CT molecular complexity index is 939. The van der Waals surface area contributed by atoms with E-state index in [-0.39, 0.29) is 18.6 Å². The smallest absolute Gasteiger partial charge is 0.326 e. The number of nitrogens with zero attached hydrogens (tertiary/aromatic N) is 2. The number of esters is 1. The van der Waals surface area contributed by atoms with Crippen molar-refractivity contribution < 1.29 is 9.53 Å². The molecule has 3 rings (SSSR count). The summed E-state index contributed by atoms with van der Waals surface area (Å²) in [4.78, 5) is 19.8. The largest absolute Gasteiger partial charge is 0.461 e. The third kappa shape index (κ3) is 6.00. The van der Waals surface area contributed by atoms with E-state index in [4.69, 9.17) is 4.74 Å². The summed E-state index contributed by atoms with van der Waals surface area (Å²) < 4.78 is 7.14. The quantitative estimate of drug-likeness (QED) is 0.254. The van der Waals surface area contributed by atoms with E-state index >= 15 is 0 Å². The molecule has 1 aliphatic carbocycles. The van der Waals surface area contributed by atoms with E-state index in [1.165, 1.54) is 6.42 Å². The summed E-state index contributed by atoms with van der Waals surface area (Å²) in [6.45, 7) is 8.91. The first-order valence-corrected chi connectivity index (χ1v) is 12.3. The van der Waals surface area contributed by atoms with Gasteiger partial charge in [0.25, 0.3) is 0 Å². The van der Waals surface area contributed by atoms with Gasteiger partial charge in [0.2, 0.25) is 0 Å². The molecule has 1 saturated carbocycles. The van der Waals surface area contributed by atoms with Crippen molar-refractivity contribution in [2.75, 3.05) is 18.5 Å². The molecule has 0 bridgehead atoms. The van der Waals surface area contributed by atoms with E-state index in [0.717, 1.165) is 40.0 Å². The third-order valence-corrected chi connectivity index (χ3v) is 7.04. The van der Waals surface area contributed by atoms with Gasteiger partial charge in [-0.1, -0.05) is 73.5 Å². The number of benzene rings is 2. The molecule has 2 aromatic rings. The standard InChI is InChI=1S/C27H35BrN2O2/c1-18(2)23-15-10-19(3)16-25(23)32-26(31)17-30(24-9-7-6-8-20(24)4)27(29-5)21-11-13-22(28)14-12-21/h6-9,11-14,18-19,23,25H,10,15-17H2,1-5H3/b29-27+/t19-,23+,25-/m1/s1. The van der Waals surface area contributed by atoms with Crippen LogP contribution in [0.15, 0.2) is 58.0 Å². The van der Waals surface area contributed by atoms with Gasteiger partial charge >= 0.3 is 5.97 Å². The Balaban J connectivity index is 1.88. The molecule has 0 aliphatic heterocycles. The number of carbonyl (C=O) groups excluding carboxylic acids is 1. The molecule has 0 heterocycles. The lowest BCUT2D eigenvalue weighted by Gasteiger charge is -2.37. The predicted molar refractivity (Wildman–Crippen MR) is 136 cm³/mol. The van der Waals surface area contributed by atoms with Gasteiger partial charge in [-0.05, 0) is 61.3 Å². The van der Waals surface area contributed by atoms with Crippen molar-refractivity contribution in [2.45, 2.75) is 53.1 Å². The summed E-state index contributed by atoms with van der Waals surface area (Å²) in [6.07, 6.45) is 3.27. The molecule has 0 saturated heterocycles. The first-order chi connectivity index (χ1) is 15.3. The second kappa shape index (κ2) is 11.1. The van der Waals surface area contributed by atoms with E-state index in [9.17, 15) is 4.79 Å². The zero-order chi connectivity index (χ0) is 23.3. The van der Waals surface area contributed by atoms with Crippen molar-refractivity contribution in [3.63, 3.8) is 0 Å². The summed E-state index contributed by atoms with van der Waals surface area (Å²) in [7, 11) is 1.77. The summed E-state index contributed by atoms with van der Waals surface area (Å²) in [6, 6.07) is 16.1. The molecule has 32 heavy (non-hydrogen) atoms. The second-order valence-electron chi connectivity index (χ2n) is 9.28. The van der Waals surface area contributed by atoms with Gasteiger partial charge < -0.3 is 9.64 Å². The fourth-order valence-corrected chi connectivity index (χ4v) is 4.99. The lowest BCUT2D eigenvalue weighted by Crippen LogP contribution is -2.41. The monoisotopic (exact) mass is 498 g/mol. The molecular formula is C27H35BrN2O2. The zero-order valence-corrected chi connectivity index (χ0v) is 21.4. The number of amidine groups is 1. The lowest BCUT2D eigenvalue weighted by molar-refractivity contribution is -0.154. The fraction of sp³-hybridized carbons (Fsp3) is 0.481. The predicted octanol–water partition coefficient (Wildman–Crippen LogP) is 6.64. The molecule has 0 unspecified atom stereocenters. The molecule has 0 aromatic heterocycles. The number of hydrogen-bond donors (Lipinski definition) is 0. The van der Waals surface area contributed by atoms with Gasteiger partial charge in [-0.25, -0.2) is 0 Å². The summed E-state index contributed by atoms with van der Waals surface area (Å²) in [5.74, 6) is 2.07. The number of carbonyl (C=O) groups is 1. The minimum atomic E-state index is -0.198. The summed E-state index contributed by atoms with van der Waals surface area (Å²) >= 11 is 3.50. The molecule has 0 N–H and O–H groups in total. The average molecular weight is 499 g/mol. The summed E-state index contributed by atoms with van der Waals surface area (Å²) in [5, 5.41) is 0. The maximum Gasteiger partial charge on any atom is 0.326 e. The van der Waals surface area contributed by atoms with E-state index < -0.39 is 0 Å². The van der Waals surface area contributed by atoms with Crippen LogP contribution in [0.3, 0.4) is 0 Å². The van der Waals surface area contributed by atoms with Crippen LogP contribution in [0, 0.1) is 24.7 Å². The molecule has 2 aromatic carbocycles. The fourth-order valence-electron chi connectivity index (χ4n) is 4.73. The number of aliphatic imine (C=N–C) groups is 1. The van der Waals surface area contributed by atoms with Crippen molar-refractivity contribution in [3.8, 4) is 0 Å². The average Bonchev–Trinajstić information content (AvgIpc) is 2.75. The SMILES string of the molecule is C/N=C(\c1ccc(Br)cc1)N(CC(=O)O[C@@H]1C[C@H](C)CC[C@H]1C(C)C)c1ccccc1C. The van der Waals surface area contributed by atoms with Gasteiger partial charge in [0.1, 0.15) is 18.5 Å². The van der Waals surface area contributed by atoms with Crippen molar-refractivity contribution >= 4 is 33.4 Å². The zero-order valence-electron chi connectivity index (χ0n) is 19.8. The van der Waals surface area contributed by atoms with Crippen LogP contribution in [-0.2, 0) is 9.53 Å². The highest BCUT2D eigenvalue weighted by molar-refractivity contribution is 9.10. The van der Waals surface area contributed by atoms with Crippen molar-refractivity contribution in [1.29, 1.82) is 0 Å². The molecule has 0 amide bonds. The molecule has 0 spiro atoms. The Kier molecular flexibility index (Phi) is 8.52. The number of aryl methyl sites for hydroxylation is 1. The third-order valence-electron chi connectivity index (χ3n) is 6.51. The van der Waals surface area contributed by atoms with Crippen molar-refractivity contribution in [3.05, 3.63) is 64.1 Å². The molecular weight excluding hydrogens is 464 g/mol. The molecule has 5 heteroatoms. The first-order valence-electron chi connectivity index (χ1n) is 11.6. The second-order valence-corrected chi connectivity index (χ2v) is 10.2. The minimum Gasteiger partial charge on any atom is -0.461 e. The highest BCUT2D eigenvalue weighted by Crippen LogP contribution is 2.35. The Morgan fingerprint density at radius 2 is 1.84 bits per heavy atom. The maximum absolute atomic E-state index is 13.3. The van der Waals surface area contributed by atoms with Crippen LogP contribution < -0.4 is 4.90 Å². The van der Waals surface area contributed by atoms with Crippen LogP contribution in [-0.4, -0.2) is 31.5 Å². The van der Waals surface area contributed by atoms with E-state index in [1.54, 1.807) is 7.05 Å². The van der Waals surface area contributed by atoms with Crippen LogP contribution >= 0.6 is 15.9 Å². The van der Waals surface area contributed by atoms with Crippen LogP contribution in [0.25, 0.3) is 0 Å². The normalized spacial score (nSPS) is 21.5. The number of halogens is 1. The topological polar surface area (TPSA) is 41.9 Å². The van der Waals surface area contributed by atoms with Crippen LogP contribution in [0.5, 0.6) is 0 Å². The molecule has 3 atom stereocenters. The van der Waals surface area contributed by atoms with Crippen molar-refractivity contribution in [1.82, 2.24) is 0 Å². The Morgan fingerprint density at radius 1 is 1.16 bits per heavy atom. The number of para-hydroxylation sites is 1. The Labute approximate surface area is 201 Å². The molecule has 0 radical (unpaired) electrons. The Hall–Kier alpha value is -2.14. The van der Waals surface area contributed by atoms with Crippen LogP contribution in [0.1, 0.15) is 51.2 Å². The number of rotatable bonds is 6. The van der Waals surface area contributed by atoms with E-state index in [0.29, 0.717) is 17.8 Å². The number of hydrogen-bond acceptors (Lipinski definition) is 3. The number of anilines is 1. The minimum absolute atomic E-state index is 0.0142. The van der Waals surface area contributed by atoms with Gasteiger partial charge in [0, 0.05) is 22.8 Å². The highest BCUT2D eigenvalue weighted by Gasteiger charge is 2.34. The molecule has 1 aliphatic rings. The van der Waals surface area contributed by atoms with Gasteiger partial charge in [0.15, 0.2) is 0 Å². The van der Waals surface area contributed by atoms with E-state index in [2.05, 4.69) is 54.7 Å². The first kappa shape index (κ1) is 24.5. The van der Waals surface area contributed by atoms with Crippen LogP contribution in [0.2, 0.25) is 0 Å². The molecule has 4 nitrogen and oxygen atoms in total. The summed E-state index contributed by atoms with van der Waals surface area (Å²) in [5.41, 5.74) is 3.01. The number of ether oxygens (including phenoxy) is 1. The van der Waals surface area contributed by atoms with Gasteiger partial charge in [0.05, 0.1) is 0 Å². The van der Waals surface area contributed by atoms with E-state index in [1.807, 2.05) is 47.4 Å². The highest BCUT2D eigenvalue weighted by atomic mass is 79.9. The van der Waals surface area contributed by atoms with Gasteiger partial charge in [-0.3, -0.25) is 9.79 Å². The Morgan fingerprint density at radius 3 is 2.47 bits per heavy atom. The molecule has 1 fully saturated rings. The van der Waals surface area contributed by atoms with Crippen LogP contribution in [0.4, 0.5) is 5.69 Å². The maximum atomic E-state index is 13.3. The lowest BCUT2D eigenvalue weighted by atomic mass is 9.75.